The van der Waals surface area contributed by atoms with E-state index in [0.29, 0.717) is 12.3 Å². The lowest BCUT2D eigenvalue weighted by atomic mass is 9.91. The summed E-state index contributed by atoms with van der Waals surface area (Å²) in [6.45, 7) is 0. The van der Waals surface area contributed by atoms with Crippen LogP contribution >= 0.6 is 0 Å². The zero-order valence-electron chi connectivity index (χ0n) is 13.6. The van der Waals surface area contributed by atoms with Crippen LogP contribution < -0.4 is 5.32 Å². The van der Waals surface area contributed by atoms with Crippen molar-refractivity contribution in [1.29, 1.82) is 0 Å². The van der Waals surface area contributed by atoms with Crippen molar-refractivity contribution in [1.82, 2.24) is 5.32 Å². The van der Waals surface area contributed by atoms with Crippen molar-refractivity contribution in [3.63, 3.8) is 0 Å². The number of rotatable bonds is 6. The third kappa shape index (κ3) is 4.44. The molecule has 2 nitrogen and oxygen atoms in total. The van der Waals surface area contributed by atoms with Gasteiger partial charge in [-0.15, -0.1) is 0 Å². The predicted octanol–water partition coefficient (Wildman–Crippen LogP) is 4.67. The molecule has 1 N–H and O–H groups in total. The van der Waals surface area contributed by atoms with Gasteiger partial charge in [-0.05, 0) is 36.3 Å². The minimum atomic E-state index is 0.162. The van der Waals surface area contributed by atoms with Gasteiger partial charge in [0.1, 0.15) is 0 Å². The van der Waals surface area contributed by atoms with E-state index in [1.807, 2.05) is 24.3 Å². The average Bonchev–Trinajstić information content (AvgIpc) is 3.14. The van der Waals surface area contributed by atoms with Crippen LogP contribution in [0.5, 0.6) is 0 Å². The molecule has 1 fully saturated rings. The molecule has 23 heavy (non-hydrogen) atoms. The second-order valence-corrected chi connectivity index (χ2v) is 6.49. The van der Waals surface area contributed by atoms with Gasteiger partial charge in [0, 0.05) is 6.42 Å². The molecule has 0 radical (unpaired) electrons. The maximum absolute atomic E-state index is 12.4. The summed E-state index contributed by atoms with van der Waals surface area (Å²) < 4.78 is 0. The first-order valence-corrected chi connectivity index (χ1v) is 8.71. The third-order valence-corrected chi connectivity index (χ3v) is 4.83. The molecule has 1 aliphatic carbocycles. The Morgan fingerprint density at radius 2 is 1.57 bits per heavy atom. The number of carbonyl (C=O) groups excluding carboxylic acids is 1. The molecule has 0 spiro atoms. The summed E-state index contributed by atoms with van der Waals surface area (Å²) in [5.74, 6) is 0.743. The number of hydrogen-bond donors (Lipinski definition) is 1. The van der Waals surface area contributed by atoms with E-state index in [1.165, 1.54) is 36.8 Å². The van der Waals surface area contributed by atoms with Crippen molar-refractivity contribution in [2.45, 2.75) is 44.6 Å². The number of aryl methyl sites for hydroxylation is 1. The molecule has 0 heterocycles. The fourth-order valence-corrected chi connectivity index (χ4v) is 3.57. The van der Waals surface area contributed by atoms with Crippen LogP contribution in [-0.2, 0) is 11.2 Å². The van der Waals surface area contributed by atoms with Gasteiger partial charge in [-0.3, -0.25) is 4.79 Å². The Labute approximate surface area is 138 Å². The minimum Gasteiger partial charge on any atom is -0.349 e. The van der Waals surface area contributed by atoms with Gasteiger partial charge in [-0.2, -0.15) is 0 Å². The van der Waals surface area contributed by atoms with Crippen molar-refractivity contribution >= 4 is 5.91 Å². The molecule has 0 aromatic heterocycles. The number of benzene rings is 2. The maximum Gasteiger partial charge on any atom is 0.220 e. The van der Waals surface area contributed by atoms with Crippen molar-refractivity contribution in [3.05, 3.63) is 71.8 Å². The highest BCUT2D eigenvalue weighted by Gasteiger charge is 2.27. The first-order chi connectivity index (χ1) is 11.3. The zero-order chi connectivity index (χ0) is 15.9. The van der Waals surface area contributed by atoms with Crippen LogP contribution in [0.15, 0.2) is 60.7 Å². The molecule has 120 valence electrons. The lowest BCUT2D eigenvalue weighted by Crippen LogP contribution is -2.32. The molecular formula is C21H25NO. The summed E-state index contributed by atoms with van der Waals surface area (Å²) in [5, 5.41) is 3.31. The van der Waals surface area contributed by atoms with Crippen LogP contribution in [0.4, 0.5) is 0 Å². The van der Waals surface area contributed by atoms with E-state index in [1.54, 1.807) is 0 Å². The van der Waals surface area contributed by atoms with Crippen LogP contribution in [0, 0.1) is 5.92 Å². The maximum atomic E-state index is 12.4. The molecule has 2 aromatic carbocycles. The van der Waals surface area contributed by atoms with Crippen LogP contribution in [0.3, 0.4) is 0 Å². The topological polar surface area (TPSA) is 29.1 Å². The molecule has 0 bridgehead atoms. The van der Waals surface area contributed by atoms with E-state index in [9.17, 15) is 4.79 Å². The van der Waals surface area contributed by atoms with Gasteiger partial charge in [0.05, 0.1) is 6.04 Å². The van der Waals surface area contributed by atoms with Gasteiger partial charge in [-0.25, -0.2) is 0 Å². The van der Waals surface area contributed by atoms with E-state index in [4.69, 9.17) is 0 Å². The molecule has 0 aliphatic heterocycles. The van der Waals surface area contributed by atoms with Gasteiger partial charge in [0.15, 0.2) is 0 Å². The van der Waals surface area contributed by atoms with E-state index in [2.05, 4.69) is 41.7 Å². The van der Waals surface area contributed by atoms with E-state index < -0.39 is 0 Å². The van der Waals surface area contributed by atoms with Gasteiger partial charge in [0.25, 0.3) is 0 Å². The van der Waals surface area contributed by atoms with E-state index in [-0.39, 0.29) is 11.9 Å². The number of amides is 1. The standard InChI is InChI=1S/C21H25NO/c23-20(16-15-17-9-3-1-4-10-17)22-21(19-13-7-8-14-19)18-11-5-2-6-12-18/h1-6,9-12,19,21H,7-8,13-16H2,(H,22,23)/t21-/m1/s1. The SMILES string of the molecule is O=C(CCc1ccccc1)N[C@H](c1ccccc1)C1CCCC1. The second kappa shape index (κ2) is 7.96. The van der Waals surface area contributed by atoms with Crippen molar-refractivity contribution in [3.8, 4) is 0 Å². The fraction of sp³-hybridized carbons (Fsp3) is 0.381. The van der Waals surface area contributed by atoms with Gasteiger partial charge in [0.2, 0.25) is 5.91 Å². The first kappa shape index (κ1) is 15.8. The lowest BCUT2D eigenvalue weighted by molar-refractivity contribution is -0.122. The first-order valence-electron chi connectivity index (χ1n) is 8.71. The van der Waals surface area contributed by atoms with Crippen molar-refractivity contribution in [2.24, 2.45) is 5.92 Å². The Morgan fingerprint density at radius 1 is 0.957 bits per heavy atom. The second-order valence-electron chi connectivity index (χ2n) is 6.49. The molecule has 1 amide bonds. The highest BCUT2D eigenvalue weighted by atomic mass is 16.1. The Hall–Kier alpha value is -2.09. The Morgan fingerprint density at radius 3 is 2.22 bits per heavy atom. The summed E-state index contributed by atoms with van der Waals surface area (Å²) in [6, 6.07) is 20.8. The highest BCUT2D eigenvalue weighted by molar-refractivity contribution is 5.76. The summed E-state index contributed by atoms with van der Waals surface area (Å²) in [7, 11) is 0. The molecular weight excluding hydrogens is 282 g/mol. The summed E-state index contributed by atoms with van der Waals surface area (Å²) in [4.78, 5) is 12.4. The lowest BCUT2D eigenvalue weighted by Gasteiger charge is -2.25. The summed E-state index contributed by atoms with van der Waals surface area (Å²) in [5.41, 5.74) is 2.47. The smallest absolute Gasteiger partial charge is 0.220 e. The molecule has 0 saturated heterocycles. The molecule has 0 unspecified atom stereocenters. The van der Waals surface area contributed by atoms with Gasteiger partial charge in [-0.1, -0.05) is 73.5 Å². The van der Waals surface area contributed by atoms with Crippen LogP contribution in [0.25, 0.3) is 0 Å². The fourth-order valence-electron chi connectivity index (χ4n) is 3.57. The molecule has 1 atom stereocenters. The molecule has 3 rings (SSSR count). The Bertz CT molecular complexity index is 602. The normalized spacial score (nSPS) is 16.2. The molecule has 1 saturated carbocycles. The van der Waals surface area contributed by atoms with Crippen molar-refractivity contribution in [2.75, 3.05) is 0 Å². The molecule has 2 heteroatoms. The monoisotopic (exact) mass is 307 g/mol. The number of nitrogens with one attached hydrogen (secondary N) is 1. The van der Waals surface area contributed by atoms with Crippen LogP contribution in [0.1, 0.15) is 49.3 Å². The van der Waals surface area contributed by atoms with Crippen molar-refractivity contribution < 1.29 is 4.79 Å². The zero-order valence-corrected chi connectivity index (χ0v) is 13.6. The quantitative estimate of drug-likeness (QED) is 0.825. The average molecular weight is 307 g/mol. The summed E-state index contributed by atoms with van der Waals surface area (Å²) in [6.07, 6.45) is 6.37. The minimum absolute atomic E-state index is 0.162. The molecule has 2 aromatic rings. The number of hydrogen-bond acceptors (Lipinski definition) is 1. The third-order valence-electron chi connectivity index (χ3n) is 4.83. The van der Waals surface area contributed by atoms with Gasteiger partial charge >= 0.3 is 0 Å². The summed E-state index contributed by atoms with van der Waals surface area (Å²) >= 11 is 0. The van der Waals surface area contributed by atoms with E-state index in [0.717, 1.165) is 6.42 Å². The number of carbonyl (C=O) groups is 1. The van der Waals surface area contributed by atoms with Crippen LogP contribution in [0.2, 0.25) is 0 Å². The Balaban J connectivity index is 1.62. The Kier molecular flexibility index (Phi) is 5.46. The molecule has 1 aliphatic rings. The van der Waals surface area contributed by atoms with E-state index >= 15 is 0 Å². The van der Waals surface area contributed by atoms with Crippen LogP contribution in [-0.4, -0.2) is 5.91 Å². The van der Waals surface area contributed by atoms with Gasteiger partial charge < -0.3 is 5.32 Å². The predicted molar refractivity (Wildman–Crippen MR) is 94.0 cm³/mol. The highest BCUT2D eigenvalue weighted by Crippen LogP contribution is 2.35. The largest absolute Gasteiger partial charge is 0.349 e.